The number of aromatic nitrogens is 1. The minimum atomic E-state index is -0.902. The van der Waals surface area contributed by atoms with Crippen LogP contribution in [0.15, 0.2) is 41.3 Å². The molecule has 7 heteroatoms. The molecule has 5 nitrogen and oxygen atoms in total. The summed E-state index contributed by atoms with van der Waals surface area (Å²) < 4.78 is 28.1. The van der Waals surface area contributed by atoms with Crippen LogP contribution in [0.1, 0.15) is 28.4 Å². The second kappa shape index (κ2) is 6.76. The van der Waals surface area contributed by atoms with Crippen LogP contribution in [0.25, 0.3) is 0 Å². The molecule has 3 rings (SSSR count). The summed E-state index contributed by atoms with van der Waals surface area (Å²) in [6, 6.07) is 6.14. The number of carbonyl (C=O) groups is 1. The quantitative estimate of drug-likeness (QED) is 0.922. The lowest BCUT2D eigenvalue weighted by Gasteiger charge is -2.26. The normalized spacial score (nSPS) is 20.6. The highest BCUT2D eigenvalue weighted by Gasteiger charge is 2.34. The molecule has 1 N–H and O–H groups in total. The number of halogens is 2. The lowest BCUT2D eigenvalue weighted by Crippen LogP contribution is -2.39. The van der Waals surface area contributed by atoms with Crippen LogP contribution in [0, 0.1) is 11.6 Å². The van der Waals surface area contributed by atoms with Crippen molar-refractivity contribution in [2.24, 2.45) is 7.05 Å². The monoisotopic (exact) mass is 347 g/mol. The predicted molar refractivity (Wildman–Crippen MR) is 89.3 cm³/mol. The van der Waals surface area contributed by atoms with E-state index < -0.39 is 11.6 Å². The van der Waals surface area contributed by atoms with Gasteiger partial charge in [-0.1, -0.05) is 6.07 Å². The Hall–Kier alpha value is -2.54. The minimum absolute atomic E-state index is 0.197. The van der Waals surface area contributed by atoms with Crippen molar-refractivity contribution >= 4 is 5.91 Å². The number of hydrogen-bond acceptors (Lipinski definition) is 3. The third-order valence-corrected chi connectivity index (χ3v) is 4.60. The maximum atomic E-state index is 13.6. The zero-order valence-corrected chi connectivity index (χ0v) is 14.0. The van der Waals surface area contributed by atoms with E-state index in [4.69, 9.17) is 0 Å². The fraction of sp³-hybridized carbons (Fsp3) is 0.333. The molecule has 1 aliphatic rings. The molecular weight excluding hydrogens is 328 g/mol. The van der Waals surface area contributed by atoms with E-state index in [0.717, 1.165) is 12.6 Å². The van der Waals surface area contributed by atoms with Crippen LogP contribution in [-0.4, -0.2) is 35.0 Å². The van der Waals surface area contributed by atoms with Crippen molar-refractivity contribution in [2.75, 3.05) is 13.6 Å². The molecule has 1 amide bonds. The molecule has 0 aliphatic carbocycles. The molecule has 1 saturated heterocycles. The molecule has 25 heavy (non-hydrogen) atoms. The van der Waals surface area contributed by atoms with Crippen LogP contribution in [-0.2, 0) is 7.05 Å². The predicted octanol–water partition coefficient (Wildman–Crippen LogP) is 1.84. The summed E-state index contributed by atoms with van der Waals surface area (Å²) in [5.74, 6) is -2.10. The zero-order chi connectivity index (χ0) is 18.1. The Morgan fingerprint density at radius 3 is 2.60 bits per heavy atom. The molecule has 2 heterocycles. The first kappa shape index (κ1) is 17.3. The smallest absolute Gasteiger partial charge is 0.253 e. The van der Waals surface area contributed by atoms with Crippen LogP contribution in [0.4, 0.5) is 8.78 Å². The van der Waals surface area contributed by atoms with Crippen molar-refractivity contribution < 1.29 is 13.6 Å². The van der Waals surface area contributed by atoms with Crippen LogP contribution in [0.5, 0.6) is 0 Å². The number of likely N-dealkylation sites (tertiary alicyclic amines) is 1. The summed E-state index contributed by atoms with van der Waals surface area (Å²) in [5, 5.41) is 2.94. The molecule has 0 saturated carbocycles. The highest BCUT2D eigenvalue weighted by Crippen LogP contribution is 2.31. The van der Waals surface area contributed by atoms with Crippen molar-refractivity contribution in [3.8, 4) is 0 Å². The van der Waals surface area contributed by atoms with Gasteiger partial charge in [-0.2, -0.15) is 0 Å². The van der Waals surface area contributed by atoms with Crippen molar-refractivity contribution in [1.29, 1.82) is 0 Å². The molecule has 1 aliphatic heterocycles. The van der Waals surface area contributed by atoms with Crippen LogP contribution < -0.4 is 10.9 Å². The number of likely N-dealkylation sites (N-methyl/N-ethyl adjacent to an activating group) is 1. The molecule has 1 aromatic heterocycles. The topological polar surface area (TPSA) is 54.3 Å². The van der Waals surface area contributed by atoms with Crippen LogP contribution >= 0.6 is 0 Å². The molecule has 0 bridgehead atoms. The molecule has 0 spiro atoms. The lowest BCUT2D eigenvalue weighted by molar-refractivity contribution is 0.0927. The third-order valence-electron chi connectivity index (χ3n) is 4.60. The number of nitrogens with zero attached hydrogens (tertiary/aromatic N) is 2. The molecule has 2 atom stereocenters. The van der Waals surface area contributed by atoms with Crippen LogP contribution in [0.2, 0.25) is 0 Å². The van der Waals surface area contributed by atoms with Gasteiger partial charge in [0.1, 0.15) is 0 Å². The van der Waals surface area contributed by atoms with Gasteiger partial charge < -0.3 is 9.88 Å². The van der Waals surface area contributed by atoms with Crippen molar-refractivity contribution in [3.63, 3.8) is 0 Å². The Morgan fingerprint density at radius 1 is 1.16 bits per heavy atom. The lowest BCUT2D eigenvalue weighted by atomic mass is 9.99. The van der Waals surface area contributed by atoms with E-state index in [1.807, 2.05) is 11.9 Å². The highest BCUT2D eigenvalue weighted by atomic mass is 19.2. The van der Waals surface area contributed by atoms with Gasteiger partial charge in [-0.25, -0.2) is 8.78 Å². The van der Waals surface area contributed by atoms with Gasteiger partial charge in [0.15, 0.2) is 11.6 Å². The number of nitrogens with one attached hydrogen (secondary N) is 1. The molecule has 1 aromatic carbocycles. The SMILES string of the molecule is CN1CC[C@@H](NC(=O)c2ccc(=O)n(C)c2)[C@@H]1c1ccc(F)c(F)c1. The molecule has 2 aromatic rings. The number of pyridine rings is 1. The first-order valence-corrected chi connectivity index (χ1v) is 7.99. The maximum absolute atomic E-state index is 13.6. The second-order valence-corrected chi connectivity index (χ2v) is 6.33. The number of aryl methyl sites for hydroxylation is 1. The summed E-state index contributed by atoms with van der Waals surface area (Å²) in [6.45, 7) is 0.724. The van der Waals surface area contributed by atoms with Gasteiger partial charge in [-0.05, 0) is 37.2 Å². The van der Waals surface area contributed by atoms with E-state index in [1.54, 1.807) is 7.05 Å². The molecule has 1 fully saturated rings. The van der Waals surface area contributed by atoms with Crippen molar-refractivity contribution in [2.45, 2.75) is 18.5 Å². The maximum Gasteiger partial charge on any atom is 0.253 e. The summed E-state index contributed by atoms with van der Waals surface area (Å²) in [6.07, 6.45) is 2.17. The Morgan fingerprint density at radius 2 is 1.92 bits per heavy atom. The first-order valence-electron chi connectivity index (χ1n) is 7.99. The zero-order valence-electron chi connectivity index (χ0n) is 14.0. The Bertz CT molecular complexity index is 866. The standard InChI is InChI=1S/C18H19F2N3O2/c1-22-8-7-15(17(22)11-3-5-13(19)14(20)9-11)21-18(25)12-4-6-16(24)23(2)10-12/h3-6,9-10,15,17H,7-8H2,1-2H3,(H,21,25)/t15-,17+/m1/s1. The minimum Gasteiger partial charge on any atom is -0.347 e. The molecule has 0 radical (unpaired) electrons. The van der Waals surface area contributed by atoms with E-state index >= 15 is 0 Å². The summed E-state index contributed by atoms with van der Waals surface area (Å²) in [5.41, 5.74) is 0.794. The Kier molecular flexibility index (Phi) is 4.67. The molecular formula is C18H19F2N3O2. The fourth-order valence-electron chi connectivity index (χ4n) is 3.26. The fourth-order valence-corrected chi connectivity index (χ4v) is 3.26. The van der Waals surface area contributed by atoms with Crippen molar-refractivity contribution in [3.05, 3.63) is 69.6 Å². The van der Waals surface area contributed by atoms with Gasteiger partial charge in [0.2, 0.25) is 5.56 Å². The average Bonchev–Trinajstić information content (AvgIpc) is 2.93. The van der Waals surface area contributed by atoms with Gasteiger partial charge in [0, 0.05) is 25.9 Å². The van der Waals surface area contributed by atoms with E-state index in [0.29, 0.717) is 17.5 Å². The van der Waals surface area contributed by atoms with E-state index in [1.165, 1.54) is 35.0 Å². The number of benzene rings is 1. The Balaban J connectivity index is 1.82. The summed E-state index contributed by atoms with van der Waals surface area (Å²) in [7, 11) is 3.46. The molecule has 132 valence electrons. The number of amides is 1. The third kappa shape index (κ3) is 3.46. The molecule has 0 unspecified atom stereocenters. The number of hydrogen-bond donors (Lipinski definition) is 1. The van der Waals surface area contributed by atoms with Crippen molar-refractivity contribution in [1.82, 2.24) is 14.8 Å². The van der Waals surface area contributed by atoms with E-state index in [2.05, 4.69) is 5.32 Å². The summed E-state index contributed by atoms with van der Waals surface area (Å²) >= 11 is 0. The van der Waals surface area contributed by atoms with Crippen LogP contribution in [0.3, 0.4) is 0 Å². The highest BCUT2D eigenvalue weighted by molar-refractivity contribution is 5.94. The average molecular weight is 347 g/mol. The number of rotatable bonds is 3. The van der Waals surface area contributed by atoms with Gasteiger partial charge in [0.25, 0.3) is 5.91 Å². The second-order valence-electron chi connectivity index (χ2n) is 6.33. The van der Waals surface area contributed by atoms with E-state index in [-0.39, 0.29) is 23.6 Å². The van der Waals surface area contributed by atoms with Gasteiger partial charge in [0.05, 0.1) is 17.6 Å². The largest absolute Gasteiger partial charge is 0.347 e. The number of carbonyl (C=O) groups excluding carboxylic acids is 1. The Labute approximate surface area is 143 Å². The van der Waals surface area contributed by atoms with Gasteiger partial charge in [-0.3, -0.25) is 14.5 Å². The van der Waals surface area contributed by atoms with Gasteiger partial charge in [-0.15, -0.1) is 0 Å². The summed E-state index contributed by atoms with van der Waals surface area (Å²) in [4.78, 5) is 25.9. The van der Waals surface area contributed by atoms with E-state index in [9.17, 15) is 18.4 Å². The first-order chi connectivity index (χ1) is 11.9. The van der Waals surface area contributed by atoms with Gasteiger partial charge >= 0.3 is 0 Å².